The highest BCUT2D eigenvalue weighted by Crippen LogP contribution is 1.91. The highest BCUT2D eigenvalue weighted by molar-refractivity contribution is 7.84. The molecule has 0 aliphatic rings. The summed E-state index contributed by atoms with van der Waals surface area (Å²) in [5, 5.41) is 2.59. The number of carbonyl (C=O) groups excluding carboxylic acids is 1. The molecule has 0 aliphatic carbocycles. The summed E-state index contributed by atoms with van der Waals surface area (Å²) in [6.45, 7) is 5.35. The molecule has 1 N–H and O–H groups in total. The van der Waals surface area contributed by atoms with Gasteiger partial charge in [0, 0.05) is 28.9 Å². The molecule has 2 unspecified atom stereocenters. The molecule has 2 atom stereocenters. The third-order valence-electron chi connectivity index (χ3n) is 1.19. The van der Waals surface area contributed by atoms with Gasteiger partial charge in [0.05, 0.1) is 6.10 Å². The van der Waals surface area contributed by atoms with E-state index in [1.165, 1.54) is 0 Å². The summed E-state index contributed by atoms with van der Waals surface area (Å²) in [5.41, 5.74) is 0. The van der Waals surface area contributed by atoms with Crippen molar-refractivity contribution in [2.75, 3.05) is 12.0 Å². The first-order chi connectivity index (χ1) is 5.91. The summed E-state index contributed by atoms with van der Waals surface area (Å²) in [6, 6.07) is -0.114. The van der Waals surface area contributed by atoms with Gasteiger partial charge in [-0.2, -0.15) is 0 Å². The van der Waals surface area contributed by atoms with Gasteiger partial charge in [0.2, 0.25) is 0 Å². The number of rotatable bonds is 4. The van der Waals surface area contributed by atoms with E-state index >= 15 is 0 Å². The lowest BCUT2D eigenvalue weighted by atomic mass is 10.4. The number of ether oxygens (including phenoxy) is 1. The molecule has 13 heavy (non-hydrogen) atoms. The van der Waals surface area contributed by atoms with Crippen LogP contribution in [-0.4, -0.2) is 34.5 Å². The van der Waals surface area contributed by atoms with E-state index in [-0.39, 0.29) is 12.1 Å². The zero-order valence-corrected chi connectivity index (χ0v) is 9.31. The zero-order chi connectivity index (χ0) is 10.4. The highest BCUT2D eigenvalue weighted by Gasteiger charge is 2.10. The van der Waals surface area contributed by atoms with Crippen LogP contribution in [0.5, 0.6) is 0 Å². The zero-order valence-electron chi connectivity index (χ0n) is 8.49. The fourth-order valence-corrected chi connectivity index (χ4v) is 1.63. The van der Waals surface area contributed by atoms with Gasteiger partial charge in [0.25, 0.3) is 0 Å². The molecule has 0 fully saturated rings. The summed E-state index contributed by atoms with van der Waals surface area (Å²) >= 11 is 0. The third kappa shape index (κ3) is 7.77. The fraction of sp³-hybridized carbons (Fsp3) is 0.875. The van der Waals surface area contributed by atoms with Crippen molar-refractivity contribution in [1.82, 2.24) is 5.32 Å². The minimum Gasteiger partial charge on any atom is -0.447 e. The van der Waals surface area contributed by atoms with Gasteiger partial charge in [0.15, 0.2) is 0 Å². The van der Waals surface area contributed by atoms with Crippen LogP contribution in [0, 0.1) is 0 Å². The van der Waals surface area contributed by atoms with E-state index in [9.17, 15) is 9.00 Å². The molecule has 0 aromatic rings. The monoisotopic (exact) mass is 207 g/mol. The summed E-state index contributed by atoms with van der Waals surface area (Å²) < 4.78 is 15.6. The SMILES string of the molecule is CC(CS(C)=O)NC(=O)OC(C)C. The smallest absolute Gasteiger partial charge is 0.407 e. The second kappa shape index (κ2) is 5.96. The second-order valence-corrected chi connectivity index (χ2v) is 4.72. The standard InChI is InChI=1S/C8H17NO3S/c1-6(2)12-8(10)9-7(3)5-13(4)11/h6-7H,5H2,1-4H3,(H,9,10). The number of hydrogen-bond donors (Lipinski definition) is 1. The topological polar surface area (TPSA) is 55.4 Å². The first-order valence-corrected chi connectivity index (χ1v) is 5.91. The van der Waals surface area contributed by atoms with Crippen LogP contribution in [0.4, 0.5) is 4.79 Å². The molecule has 0 rings (SSSR count). The Morgan fingerprint density at radius 3 is 2.38 bits per heavy atom. The molecule has 78 valence electrons. The van der Waals surface area contributed by atoms with Crippen LogP contribution >= 0.6 is 0 Å². The predicted octanol–water partition coefficient (Wildman–Crippen LogP) is 0.888. The summed E-state index contributed by atoms with van der Waals surface area (Å²) in [6.07, 6.45) is 1.03. The Kier molecular flexibility index (Phi) is 5.70. The minimum atomic E-state index is -0.895. The average Bonchev–Trinajstić information content (AvgIpc) is 1.80. The van der Waals surface area contributed by atoms with Crippen LogP contribution in [0.1, 0.15) is 20.8 Å². The maximum absolute atomic E-state index is 11.0. The van der Waals surface area contributed by atoms with Gasteiger partial charge in [-0.25, -0.2) is 4.79 Å². The molecule has 1 amide bonds. The quantitative estimate of drug-likeness (QED) is 0.744. The Labute approximate surface area is 81.5 Å². The van der Waals surface area contributed by atoms with Crippen molar-refractivity contribution in [1.29, 1.82) is 0 Å². The molecule has 4 nitrogen and oxygen atoms in total. The fourth-order valence-electron chi connectivity index (χ4n) is 0.843. The van der Waals surface area contributed by atoms with Crippen LogP contribution in [0.2, 0.25) is 0 Å². The van der Waals surface area contributed by atoms with Crippen molar-refractivity contribution in [3.05, 3.63) is 0 Å². The van der Waals surface area contributed by atoms with Crippen molar-refractivity contribution in [2.45, 2.75) is 32.9 Å². The van der Waals surface area contributed by atoms with E-state index < -0.39 is 16.9 Å². The van der Waals surface area contributed by atoms with Crippen LogP contribution in [-0.2, 0) is 15.5 Å². The van der Waals surface area contributed by atoms with Crippen LogP contribution < -0.4 is 5.32 Å². The third-order valence-corrected chi connectivity index (χ3v) is 2.16. The molecular weight excluding hydrogens is 190 g/mol. The normalized spacial score (nSPS) is 15.2. The first kappa shape index (κ1) is 12.4. The number of carbonyl (C=O) groups is 1. The molecule has 0 aliphatic heterocycles. The highest BCUT2D eigenvalue weighted by atomic mass is 32.2. The Morgan fingerprint density at radius 1 is 1.46 bits per heavy atom. The molecule has 0 saturated carbocycles. The van der Waals surface area contributed by atoms with Crippen molar-refractivity contribution in [2.24, 2.45) is 0 Å². The van der Waals surface area contributed by atoms with E-state index in [2.05, 4.69) is 5.32 Å². The first-order valence-electron chi connectivity index (χ1n) is 4.19. The molecule has 0 aromatic carbocycles. The van der Waals surface area contributed by atoms with E-state index in [4.69, 9.17) is 4.74 Å². The summed E-state index contributed by atoms with van der Waals surface area (Å²) in [5.74, 6) is 0.452. The lowest BCUT2D eigenvalue weighted by Crippen LogP contribution is -2.37. The summed E-state index contributed by atoms with van der Waals surface area (Å²) in [7, 11) is -0.895. The van der Waals surface area contributed by atoms with Crippen LogP contribution in [0.3, 0.4) is 0 Å². The van der Waals surface area contributed by atoms with E-state index in [0.717, 1.165) is 0 Å². The Morgan fingerprint density at radius 2 is 2.00 bits per heavy atom. The molecule has 0 aromatic heterocycles. The molecule has 0 saturated heterocycles. The molecule has 0 bridgehead atoms. The predicted molar refractivity (Wildman–Crippen MR) is 53.1 cm³/mol. The maximum atomic E-state index is 11.0. The number of hydrogen-bond acceptors (Lipinski definition) is 3. The van der Waals surface area contributed by atoms with Crippen molar-refractivity contribution >= 4 is 16.9 Å². The lowest BCUT2D eigenvalue weighted by molar-refractivity contribution is 0.113. The largest absolute Gasteiger partial charge is 0.447 e. The maximum Gasteiger partial charge on any atom is 0.407 e. The van der Waals surface area contributed by atoms with Crippen molar-refractivity contribution in [3.63, 3.8) is 0 Å². The Hall–Kier alpha value is -0.580. The molecular formula is C8H17NO3S. The van der Waals surface area contributed by atoms with Gasteiger partial charge in [0.1, 0.15) is 0 Å². The number of alkyl carbamates (subject to hydrolysis) is 1. The molecule has 0 spiro atoms. The van der Waals surface area contributed by atoms with Gasteiger partial charge < -0.3 is 10.1 Å². The second-order valence-electron chi connectivity index (χ2n) is 3.24. The van der Waals surface area contributed by atoms with Crippen molar-refractivity contribution < 1.29 is 13.7 Å². The van der Waals surface area contributed by atoms with Crippen molar-refractivity contribution in [3.8, 4) is 0 Å². The molecule has 0 heterocycles. The van der Waals surface area contributed by atoms with E-state index in [1.807, 2.05) is 0 Å². The Balaban J connectivity index is 3.71. The van der Waals surface area contributed by atoms with Gasteiger partial charge in [-0.15, -0.1) is 0 Å². The molecule has 5 heteroatoms. The molecule has 0 radical (unpaired) electrons. The lowest BCUT2D eigenvalue weighted by Gasteiger charge is -2.14. The number of nitrogens with one attached hydrogen (secondary N) is 1. The van der Waals surface area contributed by atoms with Crippen LogP contribution in [0.25, 0.3) is 0 Å². The van der Waals surface area contributed by atoms with Gasteiger partial charge in [-0.05, 0) is 20.8 Å². The van der Waals surface area contributed by atoms with Gasteiger partial charge >= 0.3 is 6.09 Å². The van der Waals surface area contributed by atoms with E-state index in [1.54, 1.807) is 27.0 Å². The van der Waals surface area contributed by atoms with E-state index in [0.29, 0.717) is 5.75 Å². The number of amides is 1. The average molecular weight is 207 g/mol. The van der Waals surface area contributed by atoms with Crippen LogP contribution in [0.15, 0.2) is 0 Å². The van der Waals surface area contributed by atoms with Gasteiger partial charge in [-0.3, -0.25) is 4.21 Å². The van der Waals surface area contributed by atoms with Gasteiger partial charge in [-0.1, -0.05) is 0 Å². The summed E-state index contributed by atoms with van der Waals surface area (Å²) in [4.78, 5) is 11.0. The minimum absolute atomic E-state index is 0.114. The Bertz CT molecular complexity index is 194.